The van der Waals surface area contributed by atoms with Gasteiger partial charge in [-0.1, -0.05) is 39.0 Å². The van der Waals surface area contributed by atoms with Crippen molar-refractivity contribution in [3.05, 3.63) is 30.3 Å². The molecule has 1 atom stereocenters. The van der Waals surface area contributed by atoms with E-state index in [-0.39, 0.29) is 24.2 Å². The van der Waals surface area contributed by atoms with Crippen molar-refractivity contribution in [1.29, 1.82) is 0 Å². The molecular weight excluding hydrogens is 344 g/mol. The second-order valence-corrected chi connectivity index (χ2v) is 6.56. The molecular formula is C21H34N2O4. The number of hydrogen-bond donors (Lipinski definition) is 0. The molecule has 6 heteroatoms. The maximum Gasteiger partial charge on any atom is 0.310 e. The molecule has 0 bridgehead atoms. The Bertz CT molecular complexity index is 546. The molecule has 0 saturated carbocycles. The number of para-hydroxylation sites is 1. The van der Waals surface area contributed by atoms with Crippen LogP contribution in [0.2, 0.25) is 0 Å². The van der Waals surface area contributed by atoms with Crippen molar-refractivity contribution in [3.8, 4) is 5.75 Å². The van der Waals surface area contributed by atoms with E-state index in [1.807, 2.05) is 30.3 Å². The summed E-state index contributed by atoms with van der Waals surface area (Å²) in [6.07, 6.45) is 1.16. The number of rotatable bonds is 13. The van der Waals surface area contributed by atoms with E-state index in [4.69, 9.17) is 9.47 Å². The fourth-order valence-electron chi connectivity index (χ4n) is 2.88. The highest BCUT2D eigenvalue weighted by Crippen LogP contribution is 2.10. The summed E-state index contributed by atoms with van der Waals surface area (Å²) in [6.45, 7) is 10.3. The van der Waals surface area contributed by atoms with Crippen LogP contribution >= 0.6 is 0 Å². The van der Waals surface area contributed by atoms with Crippen LogP contribution in [0.25, 0.3) is 0 Å². The van der Waals surface area contributed by atoms with Gasteiger partial charge in [0.1, 0.15) is 5.75 Å². The second-order valence-electron chi connectivity index (χ2n) is 6.56. The molecule has 0 saturated heterocycles. The van der Waals surface area contributed by atoms with Gasteiger partial charge in [0.2, 0.25) is 5.91 Å². The van der Waals surface area contributed by atoms with Gasteiger partial charge in [-0.15, -0.1) is 0 Å². The first-order valence-corrected chi connectivity index (χ1v) is 9.77. The minimum atomic E-state index is -0.345. The summed E-state index contributed by atoms with van der Waals surface area (Å²) in [5.74, 6) is 0.113. The first-order chi connectivity index (χ1) is 13.0. The topological polar surface area (TPSA) is 59.1 Å². The molecule has 0 fully saturated rings. The Morgan fingerprint density at radius 3 is 2.33 bits per heavy atom. The predicted octanol–water partition coefficient (Wildman–Crippen LogP) is 2.83. The SMILES string of the molecule is CCN(CC)CCCN(CC(C)C(=O)OC)C(=O)CCOc1ccccc1. The van der Waals surface area contributed by atoms with Crippen molar-refractivity contribution in [2.45, 2.75) is 33.6 Å². The van der Waals surface area contributed by atoms with Crippen LogP contribution < -0.4 is 4.74 Å². The summed E-state index contributed by atoms with van der Waals surface area (Å²) >= 11 is 0. The molecule has 0 aliphatic carbocycles. The third-order valence-corrected chi connectivity index (χ3v) is 4.58. The number of benzene rings is 1. The van der Waals surface area contributed by atoms with Gasteiger partial charge in [-0.25, -0.2) is 0 Å². The molecule has 0 N–H and O–H groups in total. The average Bonchev–Trinajstić information content (AvgIpc) is 2.70. The van der Waals surface area contributed by atoms with Crippen molar-refractivity contribution < 1.29 is 19.1 Å². The van der Waals surface area contributed by atoms with E-state index < -0.39 is 0 Å². The van der Waals surface area contributed by atoms with Crippen LogP contribution in [0.15, 0.2) is 30.3 Å². The van der Waals surface area contributed by atoms with Crippen molar-refractivity contribution in [3.63, 3.8) is 0 Å². The highest BCUT2D eigenvalue weighted by atomic mass is 16.5. The quantitative estimate of drug-likeness (QED) is 0.494. The third kappa shape index (κ3) is 8.91. The molecule has 1 aromatic carbocycles. The predicted molar refractivity (Wildman–Crippen MR) is 107 cm³/mol. The Hall–Kier alpha value is -2.08. The first-order valence-electron chi connectivity index (χ1n) is 9.77. The zero-order valence-corrected chi connectivity index (χ0v) is 17.1. The van der Waals surface area contributed by atoms with Crippen molar-refractivity contribution in [1.82, 2.24) is 9.80 Å². The monoisotopic (exact) mass is 378 g/mol. The maximum atomic E-state index is 12.7. The van der Waals surface area contributed by atoms with Gasteiger partial charge < -0.3 is 19.3 Å². The van der Waals surface area contributed by atoms with E-state index in [1.54, 1.807) is 11.8 Å². The molecule has 1 rings (SSSR count). The highest BCUT2D eigenvalue weighted by molar-refractivity contribution is 5.78. The summed E-state index contributed by atoms with van der Waals surface area (Å²) in [5.41, 5.74) is 0. The Labute approximate surface area is 163 Å². The minimum absolute atomic E-state index is 0.00114. The van der Waals surface area contributed by atoms with E-state index in [9.17, 15) is 9.59 Å². The molecule has 1 unspecified atom stereocenters. The number of carbonyl (C=O) groups is 2. The lowest BCUT2D eigenvalue weighted by atomic mass is 10.1. The van der Waals surface area contributed by atoms with E-state index in [0.717, 1.165) is 31.8 Å². The van der Waals surface area contributed by atoms with Crippen molar-refractivity contribution in [2.24, 2.45) is 5.92 Å². The zero-order valence-electron chi connectivity index (χ0n) is 17.1. The number of hydrogen-bond acceptors (Lipinski definition) is 5. The summed E-state index contributed by atoms with van der Waals surface area (Å²) in [7, 11) is 1.37. The summed E-state index contributed by atoms with van der Waals surface area (Å²) in [5, 5.41) is 0. The molecule has 0 aliphatic rings. The Morgan fingerprint density at radius 2 is 1.74 bits per heavy atom. The molecule has 0 aliphatic heterocycles. The second kappa shape index (κ2) is 13.1. The van der Waals surface area contributed by atoms with Crippen molar-refractivity contribution >= 4 is 11.9 Å². The number of nitrogens with zero attached hydrogens (tertiary/aromatic N) is 2. The molecule has 152 valence electrons. The Balaban J connectivity index is 2.56. The molecule has 27 heavy (non-hydrogen) atoms. The normalized spacial score (nSPS) is 11.9. The zero-order chi connectivity index (χ0) is 20.1. The van der Waals surface area contributed by atoms with Crippen LogP contribution in [0.4, 0.5) is 0 Å². The number of amides is 1. The number of ether oxygens (including phenoxy) is 2. The smallest absolute Gasteiger partial charge is 0.310 e. The summed E-state index contributed by atoms with van der Waals surface area (Å²) < 4.78 is 10.4. The van der Waals surface area contributed by atoms with Gasteiger partial charge in [0.25, 0.3) is 0 Å². The summed E-state index contributed by atoms with van der Waals surface area (Å²) in [4.78, 5) is 28.5. The standard InChI is InChI=1S/C21H34N2O4/c1-5-22(6-2)14-10-15-23(17-18(3)21(25)26-4)20(24)13-16-27-19-11-8-7-9-12-19/h7-9,11-12,18H,5-6,10,13-17H2,1-4H3. The molecule has 0 spiro atoms. The van der Waals surface area contributed by atoms with Crippen LogP contribution in [0.1, 0.15) is 33.6 Å². The first kappa shape index (κ1) is 23.0. The fourth-order valence-corrected chi connectivity index (χ4v) is 2.88. The molecule has 1 aromatic rings. The number of carbonyl (C=O) groups excluding carboxylic acids is 2. The molecule has 1 amide bonds. The molecule has 0 heterocycles. The van der Waals surface area contributed by atoms with E-state index in [2.05, 4.69) is 18.7 Å². The van der Waals surface area contributed by atoms with Crippen molar-refractivity contribution in [2.75, 3.05) is 46.4 Å². The average molecular weight is 379 g/mol. The minimum Gasteiger partial charge on any atom is -0.493 e. The molecule has 6 nitrogen and oxygen atoms in total. The Kier molecular flexibility index (Phi) is 11.2. The lowest BCUT2D eigenvalue weighted by Crippen LogP contribution is -2.39. The lowest BCUT2D eigenvalue weighted by molar-refractivity contribution is -0.146. The van der Waals surface area contributed by atoms with Crippen LogP contribution in [0.5, 0.6) is 5.75 Å². The van der Waals surface area contributed by atoms with Crippen LogP contribution in [-0.4, -0.2) is 68.1 Å². The van der Waals surface area contributed by atoms with Crippen LogP contribution in [-0.2, 0) is 14.3 Å². The van der Waals surface area contributed by atoms with Gasteiger partial charge in [0.15, 0.2) is 0 Å². The van der Waals surface area contributed by atoms with Gasteiger partial charge in [-0.05, 0) is 38.2 Å². The Morgan fingerprint density at radius 1 is 1.07 bits per heavy atom. The number of methoxy groups -OCH3 is 1. The lowest BCUT2D eigenvalue weighted by Gasteiger charge is -2.26. The third-order valence-electron chi connectivity index (χ3n) is 4.58. The van der Waals surface area contributed by atoms with Crippen LogP contribution in [0.3, 0.4) is 0 Å². The summed E-state index contributed by atoms with van der Waals surface area (Å²) in [6, 6.07) is 9.45. The number of esters is 1. The highest BCUT2D eigenvalue weighted by Gasteiger charge is 2.21. The van der Waals surface area contributed by atoms with E-state index >= 15 is 0 Å². The fraction of sp³-hybridized carbons (Fsp3) is 0.619. The van der Waals surface area contributed by atoms with Gasteiger partial charge in [-0.2, -0.15) is 0 Å². The van der Waals surface area contributed by atoms with Gasteiger partial charge in [0.05, 0.1) is 26.1 Å². The van der Waals surface area contributed by atoms with Gasteiger partial charge in [-0.3, -0.25) is 9.59 Å². The maximum absolute atomic E-state index is 12.7. The molecule has 0 aromatic heterocycles. The van der Waals surface area contributed by atoms with Gasteiger partial charge >= 0.3 is 5.97 Å². The van der Waals surface area contributed by atoms with E-state index in [1.165, 1.54) is 7.11 Å². The van der Waals surface area contributed by atoms with E-state index in [0.29, 0.717) is 19.7 Å². The largest absolute Gasteiger partial charge is 0.493 e. The molecule has 0 radical (unpaired) electrons. The van der Waals surface area contributed by atoms with Crippen LogP contribution in [0, 0.1) is 5.92 Å². The van der Waals surface area contributed by atoms with Gasteiger partial charge in [0, 0.05) is 13.1 Å².